The summed E-state index contributed by atoms with van der Waals surface area (Å²) in [5.74, 6) is 0.343. The van der Waals surface area contributed by atoms with Crippen LogP contribution in [0.25, 0.3) is 22.4 Å². The minimum absolute atomic E-state index is 0.165. The van der Waals surface area contributed by atoms with Gasteiger partial charge in [0.2, 0.25) is 0 Å². The first kappa shape index (κ1) is 17.8. The van der Waals surface area contributed by atoms with Gasteiger partial charge < -0.3 is 14.4 Å². The third-order valence-corrected chi connectivity index (χ3v) is 4.59. The molecule has 0 unspecified atom stereocenters. The van der Waals surface area contributed by atoms with E-state index in [9.17, 15) is 9.90 Å². The van der Waals surface area contributed by atoms with Crippen LogP contribution in [0.5, 0.6) is 5.75 Å². The average Bonchev–Trinajstić information content (AvgIpc) is 3.06. The number of carboxylic acids is 1. The molecule has 4 aromatic rings. The number of benzene rings is 3. The number of fused-ring (bicyclic) bond motifs is 1. The van der Waals surface area contributed by atoms with Crippen molar-refractivity contribution in [1.82, 2.24) is 9.55 Å². The molecule has 0 saturated heterocycles. The fourth-order valence-corrected chi connectivity index (χ4v) is 3.20. The lowest BCUT2D eigenvalue weighted by Gasteiger charge is -2.13. The molecular weight excluding hydrogens is 352 g/mol. The quantitative estimate of drug-likeness (QED) is 0.534. The van der Waals surface area contributed by atoms with Crippen LogP contribution in [0.1, 0.15) is 11.1 Å². The molecule has 0 aliphatic heterocycles. The first-order valence-corrected chi connectivity index (χ1v) is 9.06. The van der Waals surface area contributed by atoms with Crippen molar-refractivity contribution in [2.45, 2.75) is 20.1 Å². The van der Waals surface area contributed by atoms with Gasteiger partial charge in [-0.05, 0) is 36.8 Å². The molecule has 0 bridgehead atoms. The molecule has 0 saturated carbocycles. The number of ether oxygens (including phenoxy) is 1. The molecule has 5 nitrogen and oxygen atoms in total. The first-order chi connectivity index (χ1) is 13.6. The summed E-state index contributed by atoms with van der Waals surface area (Å²) in [7, 11) is 0. The number of nitrogens with zero attached hydrogens (tertiary/aromatic N) is 2. The molecule has 0 atom stereocenters. The highest BCUT2D eigenvalue weighted by atomic mass is 16.5. The highest BCUT2D eigenvalue weighted by Crippen LogP contribution is 2.32. The number of aryl methyl sites for hydroxylation is 1. The molecule has 0 spiro atoms. The van der Waals surface area contributed by atoms with E-state index in [-0.39, 0.29) is 6.54 Å². The Hall–Kier alpha value is -3.60. The summed E-state index contributed by atoms with van der Waals surface area (Å²) in [6, 6.07) is 23.3. The number of aliphatic carboxylic acids is 1. The summed E-state index contributed by atoms with van der Waals surface area (Å²) in [6.07, 6.45) is 0. The van der Waals surface area contributed by atoms with Crippen molar-refractivity contribution in [3.8, 4) is 17.1 Å². The van der Waals surface area contributed by atoms with Crippen LogP contribution in [0.3, 0.4) is 0 Å². The number of carboxylic acid groups (broad SMARTS) is 1. The van der Waals surface area contributed by atoms with Crippen LogP contribution in [0.4, 0.5) is 0 Å². The second-order valence-corrected chi connectivity index (χ2v) is 6.67. The van der Waals surface area contributed by atoms with Crippen LogP contribution in [0, 0.1) is 6.92 Å². The number of hydrogen-bond donors (Lipinski definition) is 1. The maximum Gasteiger partial charge on any atom is 0.323 e. The molecule has 0 aliphatic rings. The van der Waals surface area contributed by atoms with Crippen LogP contribution in [0.15, 0.2) is 72.8 Å². The van der Waals surface area contributed by atoms with Gasteiger partial charge in [0.05, 0.1) is 16.6 Å². The minimum atomic E-state index is -0.914. The van der Waals surface area contributed by atoms with Crippen molar-refractivity contribution in [3.63, 3.8) is 0 Å². The SMILES string of the molecule is Cc1ccc(COc2ccccc2-c2nc3ccccc3n2CC(=O)O)cc1. The van der Waals surface area contributed by atoms with E-state index in [1.165, 1.54) is 5.56 Å². The zero-order valence-corrected chi connectivity index (χ0v) is 15.5. The first-order valence-electron chi connectivity index (χ1n) is 9.06. The lowest BCUT2D eigenvalue weighted by Crippen LogP contribution is -2.10. The summed E-state index contributed by atoms with van der Waals surface area (Å²) in [5, 5.41) is 9.38. The molecule has 0 radical (unpaired) electrons. The second-order valence-electron chi connectivity index (χ2n) is 6.67. The van der Waals surface area contributed by atoms with Crippen LogP contribution < -0.4 is 4.74 Å². The van der Waals surface area contributed by atoms with Crippen molar-refractivity contribution < 1.29 is 14.6 Å². The van der Waals surface area contributed by atoms with Gasteiger partial charge in [-0.25, -0.2) is 4.98 Å². The van der Waals surface area contributed by atoms with Crippen LogP contribution >= 0.6 is 0 Å². The standard InChI is InChI=1S/C23H20N2O3/c1-16-10-12-17(13-11-16)15-28-21-9-5-2-6-18(21)23-24-19-7-3-4-8-20(19)25(23)14-22(26)27/h2-13H,14-15H2,1H3,(H,26,27). The second kappa shape index (κ2) is 7.56. The average molecular weight is 372 g/mol. The Morgan fingerprint density at radius 1 is 1.00 bits per heavy atom. The predicted octanol–water partition coefficient (Wildman–Crippen LogP) is 4.68. The molecule has 3 aromatic carbocycles. The van der Waals surface area contributed by atoms with E-state index in [0.29, 0.717) is 18.2 Å². The lowest BCUT2D eigenvalue weighted by molar-refractivity contribution is -0.137. The van der Waals surface area contributed by atoms with Gasteiger partial charge in [0.15, 0.2) is 0 Å². The number of imidazole rings is 1. The fourth-order valence-electron chi connectivity index (χ4n) is 3.20. The summed E-state index contributed by atoms with van der Waals surface area (Å²) in [5.41, 5.74) is 4.58. The molecule has 0 amide bonds. The molecule has 0 aliphatic carbocycles. The van der Waals surface area contributed by atoms with Crippen molar-refractivity contribution in [2.75, 3.05) is 0 Å². The van der Waals surface area contributed by atoms with E-state index in [2.05, 4.69) is 17.1 Å². The number of carbonyl (C=O) groups is 1. The highest BCUT2D eigenvalue weighted by molar-refractivity contribution is 5.84. The summed E-state index contributed by atoms with van der Waals surface area (Å²) in [6.45, 7) is 2.31. The Balaban J connectivity index is 1.73. The van der Waals surface area contributed by atoms with E-state index in [4.69, 9.17) is 4.74 Å². The van der Waals surface area contributed by atoms with Gasteiger partial charge in [0.1, 0.15) is 24.7 Å². The zero-order valence-electron chi connectivity index (χ0n) is 15.5. The van der Waals surface area contributed by atoms with Crippen molar-refractivity contribution in [2.24, 2.45) is 0 Å². The lowest BCUT2D eigenvalue weighted by atomic mass is 10.1. The number of hydrogen-bond acceptors (Lipinski definition) is 3. The highest BCUT2D eigenvalue weighted by Gasteiger charge is 2.17. The van der Waals surface area contributed by atoms with Crippen LogP contribution in [-0.2, 0) is 17.9 Å². The molecule has 4 rings (SSSR count). The summed E-state index contributed by atoms with van der Waals surface area (Å²) < 4.78 is 7.79. The number of para-hydroxylation sites is 3. The Morgan fingerprint density at radius 3 is 2.50 bits per heavy atom. The Kier molecular flexibility index (Phi) is 4.81. The monoisotopic (exact) mass is 372 g/mol. The molecule has 5 heteroatoms. The molecule has 1 N–H and O–H groups in total. The van der Waals surface area contributed by atoms with Crippen molar-refractivity contribution in [3.05, 3.63) is 83.9 Å². The van der Waals surface area contributed by atoms with E-state index < -0.39 is 5.97 Å². The molecule has 1 heterocycles. The Morgan fingerprint density at radius 2 is 1.71 bits per heavy atom. The van der Waals surface area contributed by atoms with Gasteiger partial charge >= 0.3 is 5.97 Å². The van der Waals surface area contributed by atoms with Crippen molar-refractivity contribution in [1.29, 1.82) is 0 Å². The summed E-state index contributed by atoms with van der Waals surface area (Å²) in [4.78, 5) is 16.1. The largest absolute Gasteiger partial charge is 0.488 e. The Labute approximate surface area is 162 Å². The molecular formula is C23H20N2O3. The van der Waals surface area contributed by atoms with E-state index in [1.807, 2.05) is 67.6 Å². The van der Waals surface area contributed by atoms with Crippen molar-refractivity contribution >= 4 is 17.0 Å². The normalized spacial score (nSPS) is 10.9. The third kappa shape index (κ3) is 3.60. The number of aromatic nitrogens is 2. The summed E-state index contributed by atoms with van der Waals surface area (Å²) >= 11 is 0. The molecule has 0 fully saturated rings. The molecule has 140 valence electrons. The van der Waals surface area contributed by atoms with Gasteiger partial charge in [0.25, 0.3) is 0 Å². The Bertz CT molecular complexity index is 1130. The predicted molar refractivity (Wildman–Crippen MR) is 108 cm³/mol. The van der Waals surface area contributed by atoms with Gasteiger partial charge in [-0.3, -0.25) is 4.79 Å². The van der Waals surface area contributed by atoms with E-state index >= 15 is 0 Å². The number of rotatable bonds is 6. The third-order valence-electron chi connectivity index (χ3n) is 4.59. The topological polar surface area (TPSA) is 64.4 Å². The fraction of sp³-hybridized carbons (Fsp3) is 0.130. The van der Waals surface area contributed by atoms with Gasteiger partial charge in [-0.15, -0.1) is 0 Å². The van der Waals surface area contributed by atoms with Gasteiger partial charge in [-0.2, -0.15) is 0 Å². The minimum Gasteiger partial charge on any atom is -0.488 e. The smallest absolute Gasteiger partial charge is 0.323 e. The zero-order chi connectivity index (χ0) is 19.5. The van der Waals surface area contributed by atoms with E-state index in [1.54, 1.807) is 4.57 Å². The van der Waals surface area contributed by atoms with E-state index in [0.717, 1.165) is 22.2 Å². The maximum atomic E-state index is 11.4. The maximum absolute atomic E-state index is 11.4. The van der Waals surface area contributed by atoms with Gasteiger partial charge in [-0.1, -0.05) is 54.1 Å². The van der Waals surface area contributed by atoms with Gasteiger partial charge in [0, 0.05) is 0 Å². The molecule has 1 aromatic heterocycles. The van der Waals surface area contributed by atoms with Crippen LogP contribution in [0.2, 0.25) is 0 Å². The van der Waals surface area contributed by atoms with Crippen LogP contribution in [-0.4, -0.2) is 20.6 Å². The molecule has 28 heavy (non-hydrogen) atoms.